The fourth-order valence-electron chi connectivity index (χ4n) is 7.67. The third kappa shape index (κ3) is 4.31. The zero-order valence-electron chi connectivity index (χ0n) is 26.3. The fraction of sp³-hybridized carbons (Fsp3) is 0.0682. The summed E-state index contributed by atoms with van der Waals surface area (Å²) >= 11 is 0. The molecular weight excluding hydrogens is 571 g/mol. The number of pyridine rings is 1. The van der Waals surface area contributed by atoms with Gasteiger partial charge >= 0.3 is 0 Å². The number of fused-ring (bicyclic) bond motifs is 6. The van der Waals surface area contributed by atoms with E-state index in [-0.39, 0.29) is 5.41 Å². The Bertz CT molecular complexity index is 2420. The van der Waals surface area contributed by atoms with E-state index in [4.69, 9.17) is 9.97 Å². The highest BCUT2D eigenvalue weighted by atomic mass is 14.9. The first-order valence-electron chi connectivity index (χ1n) is 16.1. The quantitative estimate of drug-likeness (QED) is 0.201. The summed E-state index contributed by atoms with van der Waals surface area (Å²) in [6.07, 6.45) is 1.81. The van der Waals surface area contributed by atoms with Crippen LogP contribution in [-0.4, -0.2) is 15.0 Å². The Balaban J connectivity index is 1.26. The minimum absolute atomic E-state index is 0.170. The van der Waals surface area contributed by atoms with Gasteiger partial charge in [-0.25, -0.2) is 9.97 Å². The van der Waals surface area contributed by atoms with Gasteiger partial charge in [0.25, 0.3) is 0 Å². The zero-order valence-corrected chi connectivity index (χ0v) is 26.3. The van der Waals surface area contributed by atoms with Crippen molar-refractivity contribution in [3.05, 3.63) is 163 Å². The van der Waals surface area contributed by atoms with E-state index in [1.54, 1.807) is 0 Å². The van der Waals surface area contributed by atoms with Crippen LogP contribution in [0.2, 0.25) is 0 Å². The summed E-state index contributed by atoms with van der Waals surface area (Å²) in [7, 11) is 0. The van der Waals surface area contributed by atoms with Gasteiger partial charge in [0.05, 0.1) is 17.1 Å². The molecule has 3 nitrogen and oxygen atoms in total. The van der Waals surface area contributed by atoms with Crippen molar-refractivity contribution < 1.29 is 0 Å². The fourth-order valence-corrected chi connectivity index (χ4v) is 7.67. The topological polar surface area (TPSA) is 38.7 Å². The Morgan fingerprint density at radius 1 is 0.426 bits per heavy atom. The first kappa shape index (κ1) is 27.4. The van der Waals surface area contributed by atoms with E-state index in [0.717, 1.165) is 33.6 Å². The van der Waals surface area contributed by atoms with Crippen molar-refractivity contribution in [2.75, 3.05) is 0 Å². The minimum atomic E-state index is -0.170. The molecule has 9 rings (SSSR count). The van der Waals surface area contributed by atoms with Gasteiger partial charge in [-0.3, -0.25) is 4.98 Å². The summed E-state index contributed by atoms with van der Waals surface area (Å²) in [6, 6.07) is 51.6. The van der Waals surface area contributed by atoms with Crippen molar-refractivity contribution in [2.45, 2.75) is 19.3 Å². The predicted molar refractivity (Wildman–Crippen MR) is 194 cm³/mol. The molecule has 0 fully saturated rings. The van der Waals surface area contributed by atoms with E-state index >= 15 is 0 Å². The third-order valence-corrected chi connectivity index (χ3v) is 9.71. The van der Waals surface area contributed by atoms with E-state index in [1.165, 1.54) is 49.5 Å². The lowest BCUT2D eigenvalue weighted by molar-refractivity contribution is 0.668. The van der Waals surface area contributed by atoms with Crippen LogP contribution in [0.5, 0.6) is 0 Å². The molecule has 222 valence electrons. The summed E-state index contributed by atoms with van der Waals surface area (Å²) in [5, 5.41) is 4.98. The summed E-state index contributed by atoms with van der Waals surface area (Å²) in [5.74, 6) is 0.685. The smallest absolute Gasteiger partial charge is 0.160 e. The van der Waals surface area contributed by atoms with Crippen LogP contribution < -0.4 is 0 Å². The van der Waals surface area contributed by atoms with Crippen molar-refractivity contribution in [3.63, 3.8) is 0 Å². The van der Waals surface area contributed by atoms with Crippen LogP contribution in [0.15, 0.2) is 152 Å². The van der Waals surface area contributed by atoms with E-state index in [1.807, 2.05) is 42.6 Å². The number of nitrogens with zero attached hydrogens (tertiary/aromatic N) is 3. The number of benzene rings is 6. The Kier molecular flexibility index (Phi) is 6.16. The van der Waals surface area contributed by atoms with Gasteiger partial charge in [-0.15, -0.1) is 0 Å². The van der Waals surface area contributed by atoms with Crippen LogP contribution in [0.4, 0.5) is 0 Å². The number of hydrogen-bond acceptors (Lipinski definition) is 3. The van der Waals surface area contributed by atoms with E-state index in [9.17, 15) is 0 Å². The first-order chi connectivity index (χ1) is 23.1. The molecule has 8 aromatic rings. The van der Waals surface area contributed by atoms with Gasteiger partial charge in [-0.2, -0.15) is 0 Å². The Morgan fingerprint density at radius 2 is 1.04 bits per heavy atom. The lowest BCUT2D eigenvalue weighted by atomic mass is 9.77. The molecule has 0 aliphatic heterocycles. The summed E-state index contributed by atoms with van der Waals surface area (Å²) in [4.78, 5) is 14.7. The highest BCUT2D eigenvalue weighted by Gasteiger charge is 2.39. The normalized spacial score (nSPS) is 13.1. The van der Waals surface area contributed by atoms with Crippen molar-refractivity contribution in [1.82, 2.24) is 15.0 Å². The van der Waals surface area contributed by atoms with E-state index < -0.39 is 0 Å². The molecule has 0 saturated heterocycles. The van der Waals surface area contributed by atoms with Crippen molar-refractivity contribution in [3.8, 4) is 56.3 Å². The monoisotopic (exact) mass is 601 g/mol. The molecule has 1 aliphatic rings. The van der Waals surface area contributed by atoms with Gasteiger partial charge < -0.3 is 0 Å². The second kappa shape index (κ2) is 10.6. The van der Waals surface area contributed by atoms with Gasteiger partial charge in [-0.1, -0.05) is 141 Å². The predicted octanol–water partition coefficient (Wildman–Crippen LogP) is 11.2. The maximum atomic E-state index is 5.15. The average molecular weight is 602 g/mol. The van der Waals surface area contributed by atoms with Gasteiger partial charge in [0.2, 0.25) is 0 Å². The lowest BCUT2D eigenvalue weighted by Gasteiger charge is -2.26. The molecule has 1 aliphatic carbocycles. The summed E-state index contributed by atoms with van der Waals surface area (Å²) in [5.41, 5.74) is 12.3. The van der Waals surface area contributed by atoms with E-state index in [2.05, 4.69) is 128 Å². The maximum Gasteiger partial charge on any atom is 0.160 e. The Labute approximate surface area is 274 Å². The molecule has 6 aromatic carbocycles. The van der Waals surface area contributed by atoms with Crippen LogP contribution >= 0.6 is 0 Å². The second-order valence-corrected chi connectivity index (χ2v) is 12.8. The number of aromatic nitrogens is 3. The lowest BCUT2D eigenvalue weighted by Crippen LogP contribution is -2.17. The molecular formula is C44H31N3. The summed E-state index contributed by atoms with van der Waals surface area (Å²) in [6.45, 7) is 4.77. The zero-order chi connectivity index (χ0) is 31.5. The molecule has 0 atom stereocenters. The van der Waals surface area contributed by atoms with Crippen LogP contribution in [0.3, 0.4) is 0 Å². The standard InChI is InChI=1S/C44H31N3/c1-44(2)41-30-16-7-6-13-28(30)22-23-37(41)36-20-12-19-35(42(36)44)33-24-25-34(32-18-9-8-17-31(32)33)39-27-40(38-21-10-11-26-45-38)47-43(46-39)29-14-4-3-5-15-29/h3-27H,1-2H3. The largest absolute Gasteiger partial charge is 0.255 e. The third-order valence-electron chi connectivity index (χ3n) is 9.71. The molecule has 3 heteroatoms. The van der Waals surface area contributed by atoms with Gasteiger partial charge in [0, 0.05) is 22.7 Å². The number of rotatable bonds is 4. The molecule has 0 radical (unpaired) electrons. The van der Waals surface area contributed by atoms with Crippen LogP contribution in [0, 0.1) is 0 Å². The molecule has 0 unspecified atom stereocenters. The molecule has 47 heavy (non-hydrogen) atoms. The second-order valence-electron chi connectivity index (χ2n) is 12.8. The minimum Gasteiger partial charge on any atom is -0.255 e. The molecule has 0 bridgehead atoms. The van der Waals surface area contributed by atoms with Crippen molar-refractivity contribution in [1.29, 1.82) is 0 Å². The SMILES string of the molecule is CC1(C)c2c(cccc2-c2ccc(-c3cc(-c4ccccn4)nc(-c4ccccc4)n3)c3ccccc23)-c2ccc3ccccc3c21. The Morgan fingerprint density at radius 3 is 1.83 bits per heavy atom. The van der Waals surface area contributed by atoms with Gasteiger partial charge in [0.15, 0.2) is 5.82 Å². The highest BCUT2D eigenvalue weighted by Crippen LogP contribution is 2.55. The van der Waals surface area contributed by atoms with E-state index in [0.29, 0.717) is 5.82 Å². The molecule has 2 heterocycles. The first-order valence-corrected chi connectivity index (χ1v) is 16.1. The molecule has 2 aromatic heterocycles. The molecule has 0 N–H and O–H groups in total. The molecule has 0 amide bonds. The highest BCUT2D eigenvalue weighted by molar-refractivity contribution is 6.07. The Hall–Kier alpha value is -5.93. The summed E-state index contributed by atoms with van der Waals surface area (Å²) < 4.78 is 0. The number of hydrogen-bond donors (Lipinski definition) is 0. The maximum absolute atomic E-state index is 5.15. The van der Waals surface area contributed by atoms with Crippen LogP contribution in [0.1, 0.15) is 25.0 Å². The molecule has 0 saturated carbocycles. The molecule has 0 spiro atoms. The van der Waals surface area contributed by atoms with Crippen LogP contribution in [-0.2, 0) is 5.41 Å². The van der Waals surface area contributed by atoms with Gasteiger partial charge in [0.1, 0.15) is 0 Å². The van der Waals surface area contributed by atoms with Crippen molar-refractivity contribution in [2.24, 2.45) is 0 Å². The van der Waals surface area contributed by atoms with Crippen molar-refractivity contribution >= 4 is 21.5 Å². The van der Waals surface area contributed by atoms with Crippen LogP contribution in [0.25, 0.3) is 77.8 Å². The van der Waals surface area contributed by atoms with Gasteiger partial charge in [-0.05, 0) is 73.1 Å². The average Bonchev–Trinajstić information content (AvgIpc) is 3.38.